The first-order valence-corrected chi connectivity index (χ1v) is 6.29. The van der Waals surface area contributed by atoms with E-state index in [2.05, 4.69) is 5.32 Å². The number of amides is 1. The van der Waals surface area contributed by atoms with Gasteiger partial charge in [-0.1, -0.05) is 24.9 Å². The van der Waals surface area contributed by atoms with Gasteiger partial charge in [-0.2, -0.15) is 0 Å². The lowest BCUT2D eigenvalue weighted by Crippen LogP contribution is -2.48. The number of carboxylic acid groups (broad SMARTS) is 1. The summed E-state index contributed by atoms with van der Waals surface area (Å²) < 4.78 is 0. The van der Waals surface area contributed by atoms with Gasteiger partial charge in [-0.3, -0.25) is 4.79 Å². The molecule has 0 aliphatic carbocycles. The monoisotopic (exact) mass is 284 g/mol. The minimum atomic E-state index is -1.16. The molecule has 4 N–H and O–H groups in total. The number of anilines is 1. The third-order valence-corrected chi connectivity index (χ3v) is 2.98. The Kier molecular flexibility index (Phi) is 4.91. The van der Waals surface area contributed by atoms with Crippen LogP contribution >= 0.6 is 11.6 Å². The standard InChI is InChI=1S/C13H17ClN2O3/c1-3-6-13(2,15)12(19)16-10-5-4-8(14)7-9(10)11(17)18/h4-5,7H,3,6,15H2,1-2H3,(H,16,19)(H,17,18). The molecule has 104 valence electrons. The van der Waals surface area contributed by atoms with Gasteiger partial charge in [-0.15, -0.1) is 0 Å². The largest absolute Gasteiger partial charge is 0.478 e. The molecular weight excluding hydrogens is 268 g/mol. The molecule has 0 bridgehead atoms. The van der Waals surface area contributed by atoms with E-state index in [1.165, 1.54) is 18.2 Å². The number of hydrogen-bond acceptors (Lipinski definition) is 3. The minimum absolute atomic E-state index is 0.0619. The molecule has 0 aromatic heterocycles. The zero-order valence-corrected chi connectivity index (χ0v) is 11.6. The van der Waals surface area contributed by atoms with Gasteiger partial charge in [-0.25, -0.2) is 4.79 Å². The first-order chi connectivity index (χ1) is 8.77. The lowest BCUT2D eigenvalue weighted by Gasteiger charge is -2.23. The van der Waals surface area contributed by atoms with Crippen molar-refractivity contribution in [1.29, 1.82) is 0 Å². The van der Waals surface area contributed by atoms with Crippen LogP contribution < -0.4 is 11.1 Å². The van der Waals surface area contributed by atoms with Gasteiger partial charge in [0, 0.05) is 5.02 Å². The summed E-state index contributed by atoms with van der Waals surface area (Å²) >= 11 is 5.74. The van der Waals surface area contributed by atoms with Gasteiger partial charge < -0.3 is 16.2 Å². The van der Waals surface area contributed by atoms with E-state index in [1.54, 1.807) is 6.92 Å². The van der Waals surface area contributed by atoms with Crippen molar-refractivity contribution in [2.45, 2.75) is 32.2 Å². The van der Waals surface area contributed by atoms with E-state index in [1.807, 2.05) is 6.92 Å². The molecule has 1 unspecified atom stereocenters. The van der Waals surface area contributed by atoms with Crippen LogP contribution in [0, 0.1) is 0 Å². The Morgan fingerprint density at radius 1 is 1.47 bits per heavy atom. The minimum Gasteiger partial charge on any atom is -0.478 e. The topological polar surface area (TPSA) is 92.4 Å². The molecule has 1 aromatic carbocycles. The second-order valence-electron chi connectivity index (χ2n) is 4.62. The van der Waals surface area contributed by atoms with E-state index in [-0.39, 0.29) is 11.3 Å². The number of nitrogens with two attached hydrogens (primary N) is 1. The maximum absolute atomic E-state index is 12.0. The van der Waals surface area contributed by atoms with Crippen LogP contribution in [0.15, 0.2) is 18.2 Å². The van der Waals surface area contributed by atoms with Crippen molar-refractivity contribution in [2.75, 3.05) is 5.32 Å². The molecule has 0 radical (unpaired) electrons. The smallest absolute Gasteiger partial charge is 0.337 e. The van der Waals surface area contributed by atoms with Crippen LogP contribution in [0.5, 0.6) is 0 Å². The summed E-state index contributed by atoms with van der Waals surface area (Å²) in [5.41, 5.74) is 4.98. The van der Waals surface area contributed by atoms with Gasteiger partial charge in [0.05, 0.1) is 16.8 Å². The zero-order valence-electron chi connectivity index (χ0n) is 10.9. The van der Waals surface area contributed by atoms with Crippen molar-refractivity contribution < 1.29 is 14.7 Å². The summed E-state index contributed by atoms with van der Waals surface area (Å²) in [7, 11) is 0. The molecule has 1 rings (SSSR count). The molecule has 1 atom stereocenters. The predicted octanol–water partition coefficient (Wildman–Crippen LogP) is 2.49. The van der Waals surface area contributed by atoms with Gasteiger partial charge in [0.25, 0.3) is 0 Å². The molecular formula is C13H17ClN2O3. The van der Waals surface area contributed by atoms with Gasteiger partial charge in [-0.05, 0) is 31.5 Å². The Labute approximate surface area is 116 Å². The Morgan fingerprint density at radius 3 is 2.63 bits per heavy atom. The van der Waals surface area contributed by atoms with E-state index in [4.69, 9.17) is 22.4 Å². The second-order valence-corrected chi connectivity index (χ2v) is 5.05. The molecule has 0 aliphatic heterocycles. The Morgan fingerprint density at radius 2 is 2.11 bits per heavy atom. The summed E-state index contributed by atoms with van der Waals surface area (Å²) in [4.78, 5) is 23.1. The molecule has 0 heterocycles. The van der Waals surface area contributed by atoms with Crippen LogP contribution in [0.2, 0.25) is 5.02 Å². The maximum atomic E-state index is 12.0. The van der Waals surface area contributed by atoms with Crippen LogP contribution in [0.3, 0.4) is 0 Å². The van der Waals surface area contributed by atoms with Crippen molar-refractivity contribution in [3.63, 3.8) is 0 Å². The predicted molar refractivity (Wildman–Crippen MR) is 74.5 cm³/mol. The molecule has 1 amide bonds. The highest BCUT2D eigenvalue weighted by Gasteiger charge is 2.28. The van der Waals surface area contributed by atoms with Crippen LogP contribution in [-0.4, -0.2) is 22.5 Å². The summed E-state index contributed by atoms with van der Waals surface area (Å²) in [5, 5.41) is 11.9. The van der Waals surface area contributed by atoms with Crippen molar-refractivity contribution >= 4 is 29.2 Å². The number of nitrogens with one attached hydrogen (secondary N) is 1. The van der Waals surface area contributed by atoms with Crippen LogP contribution in [0.1, 0.15) is 37.0 Å². The third-order valence-electron chi connectivity index (χ3n) is 2.75. The fourth-order valence-corrected chi connectivity index (χ4v) is 1.87. The van der Waals surface area contributed by atoms with Gasteiger partial charge in [0.15, 0.2) is 0 Å². The molecule has 0 saturated heterocycles. The highest BCUT2D eigenvalue weighted by Crippen LogP contribution is 2.22. The zero-order chi connectivity index (χ0) is 14.6. The Balaban J connectivity index is 3.00. The fraction of sp³-hybridized carbons (Fsp3) is 0.385. The third kappa shape index (κ3) is 3.94. The molecule has 0 spiro atoms. The summed E-state index contributed by atoms with van der Waals surface area (Å²) in [6, 6.07) is 4.25. The first kappa shape index (κ1) is 15.5. The van der Waals surface area contributed by atoms with E-state index < -0.39 is 17.4 Å². The van der Waals surface area contributed by atoms with Crippen molar-refractivity contribution in [1.82, 2.24) is 0 Å². The number of benzene rings is 1. The Hall–Kier alpha value is -1.59. The Bertz CT molecular complexity index is 501. The summed E-state index contributed by atoms with van der Waals surface area (Å²) in [5.74, 6) is -1.58. The molecule has 0 saturated carbocycles. The SMILES string of the molecule is CCCC(C)(N)C(=O)Nc1ccc(Cl)cc1C(=O)O. The number of aromatic carboxylic acids is 1. The maximum Gasteiger partial charge on any atom is 0.337 e. The second kappa shape index (κ2) is 6.04. The van der Waals surface area contributed by atoms with E-state index >= 15 is 0 Å². The van der Waals surface area contributed by atoms with E-state index in [9.17, 15) is 9.59 Å². The molecule has 0 aliphatic rings. The number of halogens is 1. The molecule has 19 heavy (non-hydrogen) atoms. The molecule has 6 heteroatoms. The van der Waals surface area contributed by atoms with Gasteiger partial charge >= 0.3 is 5.97 Å². The highest BCUT2D eigenvalue weighted by atomic mass is 35.5. The summed E-state index contributed by atoms with van der Waals surface area (Å²) in [6.45, 7) is 3.53. The van der Waals surface area contributed by atoms with E-state index in [0.717, 1.165) is 6.42 Å². The number of hydrogen-bond donors (Lipinski definition) is 3. The highest BCUT2D eigenvalue weighted by molar-refractivity contribution is 6.31. The van der Waals surface area contributed by atoms with E-state index in [0.29, 0.717) is 11.4 Å². The van der Waals surface area contributed by atoms with Gasteiger partial charge in [0.2, 0.25) is 5.91 Å². The molecule has 1 aromatic rings. The van der Waals surface area contributed by atoms with Crippen molar-refractivity contribution in [3.05, 3.63) is 28.8 Å². The van der Waals surface area contributed by atoms with Crippen molar-refractivity contribution in [3.8, 4) is 0 Å². The lowest BCUT2D eigenvalue weighted by atomic mass is 9.96. The average molecular weight is 285 g/mol. The number of carboxylic acids is 1. The number of carbonyl (C=O) groups excluding carboxylic acids is 1. The van der Waals surface area contributed by atoms with Gasteiger partial charge in [0.1, 0.15) is 0 Å². The number of rotatable bonds is 5. The normalized spacial score (nSPS) is 13.7. The lowest BCUT2D eigenvalue weighted by molar-refractivity contribution is -0.120. The first-order valence-electron chi connectivity index (χ1n) is 5.91. The number of carbonyl (C=O) groups is 2. The van der Waals surface area contributed by atoms with Crippen LogP contribution in [0.4, 0.5) is 5.69 Å². The average Bonchev–Trinajstić information content (AvgIpc) is 2.30. The van der Waals surface area contributed by atoms with Crippen molar-refractivity contribution in [2.24, 2.45) is 5.73 Å². The van der Waals surface area contributed by atoms with Crippen LogP contribution in [-0.2, 0) is 4.79 Å². The fourth-order valence-electron chi connectivity index (χ4n) is 1.70. The molecule has 0 fully saturated rings. The quantitative estimate of drug-likeness (QED) is 0.774. The van der Waals surface area contributed by atoms with Crippen LogP contribution in [0.25, 0.3) is 0 Å². The summed E-state index contributed by atoms with van der Waals surface area (Å²) in [6.07, 6.45) is 1.27. The molecule has 5 nitrogen and oxygen atoms in total.